The van der Waals surface area contributed by atoms with Crippen molar-refractivity contribution in [2.24, 2.45) is 0 Å². The van der Waals surface area contributed by atoms with Crippen LogP contribution in [0.25, 0.3) is 0 Å². The number of aliphatic carboxylic acids is 1. The monoisotopic (exact) mass is 276 g/mol. The maximum atomic E-state index is 11.8. The van der Waals surface area contributed by atoms with Crippen molar-refractivity contribution in [3.63, 3.8) is 0 Å². The highest BCUT2D eigenvalue weighted by atomic mass is 32.2. The second-order valence-electron chi connectivity index (χ2n) is 3.69. The van der Waals surface area contributed by atoms with E-state index in [4.69, 9.17) is 5.11 Å². The van der Waals surface area contributed by atoms with Crippen LogP contribution < -0.4 is 10.6 Å². The lowest BCUT2D eigenvalue weighted by molar-refractivity contribution is -0.137. The van der Waals surface area contributed by atoms with Crippen molar-refractivity contribution in [2.75, 3.05) is 18.6 Å². The van der Waals surface area contributed by atoms with Gasteiger partial charge in [-0.05, 0) is 18.4 Å². The quantitative estimate of drug-likeness (QED) is 0.560. The number of hydrogen-bond donors (Lipinski definition) is 3. The maximum Gasteiger partial charge on any atom is 0.305 e. The molecule has 0 saturated carbocycles. The largest absolute Gasteiger partial charge is 0.481 e. The van der Waals surface area contributed by atoms with Crippen LogP contribution in [0.15, 0.2) is 0 Å². The van der Waals surface area contributed by atoms with Crippen LogP contribution in [0.2, 0.25) is 0 Å². The molecule has 104 valence electrons. The molecule has 18 heavy (non-hydrogen) atoms. The summed E-state index contributed by atoms with van der Waals surface area (Å²) in [5, 5.41) is 13.6. The first-order valence-corrected chi connectivity index (χ1v) is 7.18. The minimum Gasteiger partial charge on any atom is -0.481 e. The predicted molar refractivity (Wildman–Crippen MR) is 70.5 cm³/mol. The van der Waals surface area contributed by atoms with Crippen molar-refractivity contribution in [1.82, 2.24) is 10.6 Å². The van der Waals surface area contributed by atoms with Gasteiger partial charge < -0.3 is 15.7 Å². The van der Waals surface area contributed by atoms with Crippen molar-refractivity contribution in [1.29, 1.82) is 0 Å². The number of rotatable bonds is 9. The van der Waals surface area contributed by atoms with Gasteiger partial charge in [0, 0.05) is 13.0 Å². The highest BCUT2D eigenvalue weighted by Gasteiger charge is 2.19. The first-order valence-electron chi connectivity index (χ1n) is 5.79. The number of thioether (sulfide) groups is 1. The molecular weight excluding hydrogens is 256 g/mol. The summed E-state index contributed by atoms with van der Waals surface area (Å²) in [4.78, 5) is 33.4. The molecule has 0 saturated heterocycles. The number of hydrogen-bond acceptors (Lipinski definition) is 4. The lowest BCUT2D eigenvalue weighted by Crippen LogP contribution is -2.47. The fourth-order valence-electron chi connectivity index (χ4n) is 1.22. The summed E-state index contributed by atoms with van der Waals surface area (Å²) in [6.07, 6.45) is 2.65. The second-order valence-corrected chi connectivity index (χ2v) is 4.68. The summed E-state index contributed by atoms with van der Waals surface area (Å²) in [6, 6.07) is -0.585. The normalized spacial score (nSPS) is 11.7. The third-order valence-electron chi connectivity index (χ3n) is 2.22. The van der Waals surface area contributed by atoms with E-state index in [9.17, 15) is 14.4 Å². The Morgan fingerprint density at radius 1 is 1.33 bits per heavy atom. The molecule has 0 rings (SSSR count). The Balaban J connectivity index is 4.21. The average molecular weight is 276 g/mol. The fraction of sp³-hybridized carbons (Fsp3) is 0.727. The molecule has 0 bridgehead atoms. The molecule has 0 radical (unpaired) electrons. The number of amides is 2. The topological polar surface area (TPSA) is 95.5 Å². The number of nitrogens with one attached hydrogen (secondary N) is 2. The Morgan fingerprint density at radius 3 is 2.50 bits per heavy atom. The zero-order chi connectivity index (χ0) is 14.0. The Hall–Kier alpha value is -1.24. The van der Waals surface area contributed by atoms with Gasteiger partial charge in [-0.15, -0.1) is 0 Å². The molecule has 1 unspecified atom stereocenters. The Labute approximate surface area is 111 Å². The van der Waals surface area contributed by atoms with Gasteiger partial charge in [-0.2, -0.15) is 11.8 Å². The van der Waals surface area contributed by atoms with E-state index in [-0.39, 0.29) is 24.8 Å². The van der Waals surface area contributed by atoms with Crippen molar-refractivity contribution >= 4 is 29.5 Å². The van der Waals surface area contributed by atoms with Gasteiger partial charge in [-0.3, -0.25) is 14.4 Å². The average Bonchev–Trinajstić information content (AvgIpc) is 2.33. The Morgan fingerprint density at radius 2 is 2.00 bits per heavy atom. The summed E-state index contributed by atoms with van der Waals surface area (Å²) >= 11 is 1.59. The van der Waals surface area contributed by atoms with Crippen molar-refractivity contribution in [3.05, 3.63) is 0 Å². The van der Waals surface area contributed by atoms with E-state index in [0.29, 0.717) is 12.8 Å². The first kappa shape index (κ1) is 16.8. The standard InChI is InChI=1S/C11H20N2O4S/c1-3-9(14)13-8(5-7-18-2)11(17)12-6-4-10(15)16/h8H,3-7H2,1-2H3,(H,12,17)(H,13,14)(H,15,16). The lowest BCUT2D eigenvalue weighted by atomic mass is 10.2. The number of carboxylic acids is 1. The molecule has 0 fully saturated rings. The summed E-state index contributed by atoms with van der Waals surface area (Å²) in [5.41, 5.74) is 0. The van der Waals surface area contributed by atoms with Crippen LogP contribution in [0.4, 0.5) is 0 Å². The molecule has 1 atom stereocenters. The first-order chi connectivity index (χ1) is 8.51. The second kappa shape index (κ2) is 9.76. The van der Waals surface area contributed by atoms with Crippen LogP contribution in [-0.4, -0.2) is 47.5 Å². The smallest absolute Gasteiger partial charge is 0.305 e. The van der Waals surface area contributed by atoms with Crippen LogP contribution in [0.3, 0.4) is 0 Å². The van der Waals surface area contributed by atoms with E-state index in [1.165, 1.54) is 0 Å². The molecule has 7 heteroatoms. The van der Waals surface area contributed by atoms with E-state index in [1.807, 2.05) is 6.26 Å². The van der Waals surface area contributed by atoms with Gasteiger partial charge in [-0.25, -0.2) is 0 Å². The van der Waals surface area contributed by atoms with Gasteiger partial charge in [-0.1, -0.05) is 6.92 Å². The fourth-order valence-corrected chi connectivity index (χ4v) is 1.69. The summed E-state index contributed by atoms with van der Waals surface area (Å²) in [7, 11) is 0. The molecule has 0 aliphatic carbocycles. The molecule has 0 spiro atoms. The zero-order valence-corrected chi connectivity index (χ0v) is 11.5. The molecule has 2 amide bonds. The van der Waals surface area contributed by atoms with Gasteiger partial charge >= 0.3 is 5.97 Å². The molecule has 3 N–H and O–H groups in total. The third-order valence-corrected chi connectivity index (χ3v) is 2.87. The maximum absolute atomic E-state index is 11.8. The van der Waals surface area contributed by atoms with E-state index < -0.39 is 12.0 Å². The number of carbonyl (C=O) groups excluding carboxylic acids is 2. The van der Waals surface area contributed by atoms with Gasteiger partial charge in [0.2, 0.25) is 11.8 Å². The van der Waals surface area contributed by atoms with Crippen LogP contribution in [-0.2, 0) is 14.4 Å². The van der Waals surface area contributed by atoms with Gasteiger partial charge in [0.1, 0.15) is 6.04 Å². The van der Waals surface area contributed by atoms with Gasteiger partial charge in [0.25, 0.3) is 0 Å². The van der Waals surface area contributed by atoms with Gasteiger partial charge in [0.05, 0.1) is 6.42 Å². The molecule has 0 aliphatic heterocycles. The molecule has 0 aromatic heterocycles. The molecule has 0 aromatic rings. The van der Waals surface area contributed by atoms with Gasteiger partial charge in [0.15, 0.2) is 0 Å². The van der Waals surface area contributed by atoms with Crippen molar-refractivity contribution in [3.8, 4) is 0 Å². The molecule has 6 nitrogen and oxygen atoms in total. The lowest BCUT2D eigenvalue weighted by Gasteiger charge is -2.17. The minimum absolute atomic E-state index is 0.0753. The van der Waals surface area contributed by atoms with Crippen LogP contribution in [0.1, 0.15) is 26.2 Å². The molecule has 0 heterocycles. The van der Waals surface area contributed by atoms with E-state index in [1.54, 1.807) is 18.7 Å². The van der Waals surface area contributed by atoms with Crippen molar-refractivity contribution < 1.29 is 19.5 Å². The highest BCUT2D eigenvalue weighted by molar-refractivity contribution is 7.98. The highest BCUT2D eigenvalue weighted by Crippen LogP contribution is 2.01. The number of carbonyl (C=O) groups is 3. The van der Waals surface area contributed by atoms with Crippen LogP contribution in [0.5, 0.6) is 0 Å². The minimum atomic E-state index is -0.964. The molecule has 0 aliphatic rings. The van der Waals surface area contributed by atoms with E-state index in [2.05, 4.69) is 10.6 Å². The van der Waals surface area contributed by atoms with E-state index in [0.717, 1.165) is 5.75 Å². The van der Waals surface area contributed by atoms with Crippen LogP contribution >= 0.6 is 11.8 Å². The van der Waals surface area contributed by atoms with Crippen molar-refractivity contribution in [2.45, 2.75) is 32.2 Å². The van der Waals surface area contributed by atoms with Crippen LogP contribution in [0, 0.1) is 0 Å². The zero-order valence-electron chi connectivity index (χ0n) is 10.7. The molecular formula is C11H20N2O4S. The van der Waals surface area contributed by atoms with E-state index >= 15 is 0 Å². The Kier molecular flexibility index (Phi) is 9.08. The Bertz CT molecular complexity index is 297. The summed E-state index contributed by atoms with van der Waals surface area (Å²) in [5.74, 6) is -0.726. The summed E-state index contributed by atoms with van der Waals surface area (Å²) in [6.45, 7) is 1.79. The third kappa shape index (κ3) is 7.94. The molecule has 0 aromatic carbocycles. The predicted octanol–water partition coefficient (Wildman–Crippen LogP) is 0.225. The SMILES string of the molecule is CCC(=O)NC(CCSC)C(=O)NCCC(=O)O. The summed E-state index contributed by atoms with van der Waals surface area (Å²) < 4.78 is 0. The number of carboxylic acid groups (broad SMARTS) is 1.